The van der Waals surface area contributed by atoms with E-state index in [4.69, 9.17) is 0 Å². The molecule has 0 aliphatic carbocycles. The first-order valence-corrected chi connectivity index (χ1v) is 7.74. The van der Waals surface area contributed by atoms with E-state index in [2.05, 4.69) is 41.5 Å². The minimum absolute atomic E-state index is 1.01. The predicted octanol–water partition coefficient (Wildman–Crippen LogP) is 3.74. The number of rotatable bonds is 5. The van der Waals surface area contributed by atoms with Gasteiger partial charge in [-0.15, -0.1) is 0 Å². The molecule has 0 saturated carbocycles. The maximum Gasteiger partial charge on any atom is 0.0963 e. The van der Waals surface area contributed by atoms with E-state index < -0.39 is 0 Å². The van der Waals surface area contributed by atoms with Gasteiger partial charge in [-0.1, -0.05) is 44.0 Å². The maximum absolute atomic E-state index is 4.62. The Hall–Kier alpha value is -1.31. The molecule has 19 heavy (non-hydrogen) atoms. The van der Waals surface area contributed by atoms with Crippen LogP contribution >= 0.6 is 0 Å². The Balaban J connectivity index is 1.83. The van der Waals surface area contributed by atoms with Gasteiger partial charge < -0.3 is 5.32 Å². The summed E-state index contributed by atoms with van der Waals surface area (Å²) in [6, 6.07) is 8.83. The Bertz CT molecular complexity index is 409. The molecule has 0 atom stereocenters. The number of hydrogen-bond acceptors (Lipinski definition) is 2. The molecule has 0 aromatic heterocycles. The smallest absolute Gasteiger partial charge is 0.0963 e. The molecule has 1 N–H and O–H groups in total. The first kappa shape index (κ1) is 14.1. The van der Waals surface area contributed by atoms with E-state index in [1.165, 1.54) is 49.1 Å². The number of aliphatic imine (C=N–C) groups is 1. The number of hydrogen-bond donors (Lipinski definition) is 1. The zero-order chi connectivity index (χ0) is 13.3. The van der Waals surface area contributed by atoms with Crippen LogP contribution in [-0.4, -0.2) is 18.9 Å². The number of aryl methyl sites for hydroxylation is 1. The number of nitrogens with zero attached hydrogens (tertiary/aromatic N) is 1. The van der Waals surface area contributed by atoms with E-state index in [1.807, 2.05) is 0 Å². The zero-order valence-electron chi connectivity index (χ0n) is 12.1. The molecule has 1 aromatic carbocycles. The van der Waals surface area contributed by atoms with Crippen LogP contribution in [-0.2, 0) is 12.8 Å². The van der Waals surface area contributed by atoms with Gasteiger partial charge in [0.25, 0.3) is 0 Å². The van der Waals surface area contributed by atoms with Crippen molar-refractivity contribution in [3.05, 3.63) is 35.4 Å². The Morgan fingerprint density at radius 1 is 1.05 bits per heavy atom. The Morgan fingerprint density at radius 3 is 2.63 bits per heavy atom. The SMILES string of the molecule is CCCc1ccccc1CCNC1=NCCCCC1. The quantitative estimate of drug-likeness (QED) is 0.854. The monoisotopic (exact) mass is 258 g/mol. The molecule has 2 rings (SSSR count). The van der Waals surface area contributed by atoms with Gasteiger partial charge in [-0.25, -0.2) is 0 Å². The predicted molar refractivity (Wildman–Crippen MR) is 82.9 cm³/mol. The Kier molecular flexibility index (Phi) is 5.93. The Labute approximate surface area is 117 Å². The highest BCUT2D eigenvalue weighted by Gasteiger charge is 2.04. The topological polar surface area (TPSA) is 24.4 Å². The van der Waals surface area contributed by atoms with E-state index in [9.17, 15) is 0 Å². The third-order valence-electron chi connectivity index (χ3n) is 3.74. The lowest BCUT2D eigenvalue weighted by atomic mass is 10.0. The van der Waals surface area contributed by atoms with Crippen LogP contribution in [0.1, 0.15) is 50.2 Å². The standard InChI is InChI=1S/C17H26N2/c1-2-8-15-9-5-6-10-16(15)12-14-19-17-11-4-3-7-13-18-17/h5-6,9-10H,2-4,7-8,11-14H2,1H3,(H,18,19). The summed E-state index contributed by atoms with van der Waals surface area (Å²) in [7, 11) is 0. The van der Waals surface area contributed by atoms with E-state index >= 15 is 0 Å². The van der Waals surface area contributed by atoms with Crippen molar-refractivity contribution in [2.45, 2.75) is 51.9 Å². The molecule has 1 aliphatic heterocycles. The van der Waals surface area contributed by atoms with Gasteiger partial charge in [-0.2, -0.15) is 0 Å². The molecular formula is C17H26N2. The summed E-state index contributed by atoms with van der Waals surface area (Å²) >= 11 is 0. The lowest BCUT2D eigenvalue weighted by Gasteiger charge is -2.11. The summed E-state index contributed by atoms with van der Waals surface area (Å²) in [5.74, 6) is 1.23. The minimum Gasteiger partial charge on any atom is -0.374 e. The highest BCUT2D eigenvalue weighted by Crippen LogP contribution is 2.12. The number of benzene rings is 1. The molecule has 1 aromatic rings. The average molecular weight is 258 g/mol. The van der Waals surface area contributed by atoms with Crippen LogP contribution < -0.4 is 5.32 Å². The molecular weight excluding hydrogens is 232 g/mol. The van der Waals surface area contributed by atoms with Gasteiger partial charge in [0.1, 0.15) is 0 Å². The van der Waals surface area contributed by atoms with Crippen LogP contribution in [0.25, 0.3) is 0 Å². The molecule has 0 amide bonds. The largest absolute Gasteiger partial charge is 0.374 e. The maximum atomic E-state index is 4.62. The second-order valence-corrected chi connectivity index (χ2v) is 5.33. The molecule has 0 spiro atoms. The fourth-order valence-electron chi connectivity index (χ4n) is 2.67. The summed E-state index contributed by atoms with van der Waals surface area (Å²) in [6.45, 7) is 4.27. The molecule has 104 valence electrons. The van der Waals surface area contributed by atoms with E-state index in [1.54, 1.807) is 0 Å². The molecule has 0 saturated heterocycles. The van der Waals surface area contributed by atoms with Crippen molar-refractivity contribution >= 4 is 5.84 Å². The first-order valence-electron chi connectivity index (χ1n) is 7.74. The summed E-state index contributed by atoms with van der Waals surface area (Å²) in [5.41, 5.74) is 3.00. The van der Waals surface area contributed by atoms with Crippen molar-refractivity contribution in [2.24, 2.45) is 4.99 Å². The molecule has 0 radical (unpaired) electrons. The fourth-order valence-corrected chi connectivity index (χ4v) is 2.67. The van der Waals surface area contributed by atoms with Crippen LogP contribution in [0.15, 0.2) is 29.3 Å². The molecule has 2 nitrogen and oxygen atoms in total. The van der Waals surface area contributed by atoms with Crippen LogP contribution in [0.5, 0.6) is 0 Å². The van der Waals surface area contributed by atoms with Crippen molar-refractivity contribution in [1.29, 1.82) is 0 Å². The second kappa shape index (κ2) is 7.98. The lowest BCUT2D eigenvalue weighted by molar-refractivity contribution is 0.727. The van der Waals surface area contributed by atoms with Gasteiger partial charge in [0.15, 0.2) is 0 Å². The third kappa shape index (κ3) is 4.70. The summed E-state index contributed by atoms with van der Waals surface area (Å²) in [4.78, 5) is 4.62. The van der Waals surface area contributed by atoms with Crippen molar-refractivity contribution in [2.75, 3.05) is 13.1 Å². The molecule has 1 aliphatic rings. The fraction of sp³-hybridized carbons (Fsp3) is 0.588. The van der Waals surface area contributed by atoms with E-state index in [0.717, 1.165) is 25.9 Å². The van der Waals surface area contributed by atoms with Gasteiger partial charge in [0.05, 0.1) is 5.84 Å². The zero-order valence-corrected chi connectivity index (χ0v) is 12.1. The molecule has 1 heterocycles. The van der Waals surface area contributed by atoms with Crippen molar-refractivity contribution in [1.82, 2.24) is 5.32 Å². The highest BCUT2D eigenvalue weighted by molar-refractivity contribution is 5.82. The van der Waals surface area contributed by atoms with Gasteiger partial charge in [0, 0.05) is 19.5 Å². The third-order valence-corrected chi connectivity index (χ3v) is 3.74. The molecule has 0 unspecified atom stereocenters. The van der Waals surface area contributed by atoms with Crippen molar-refractivity contribution in [3.63, 3.8) is 0 Å². The van der Waals surface area contributed by atoms with E-state index in [-0.39, 0.29) is 0 Å². The summed E-state index contributed by atoms with van der Waals surface area (Å²) in [6.07, 6.45) is 8.52. The summed E-state index contributed by atoms with van der Waals surface area (Å²) in [5, 5.41) is 3.53. The van der Waals surface area contributed by atoms with Gasteiger partial charge in [-0.05, 0) is 36.8 Å². The second-order valence-electron chi connectivity index (χ2n) is 5.33. The Morgan fingerprint density at radius 2 is 1.84 bits per heavy atom. The van der Waals surface area contributed by atoms with Crippen LogP contribution in [0.2, 0.25) is 0 Å². The minimum atomic E-state index is 1.01. The highest BCUT2D eigenvalue weighted by atomic mass is 15.0. The number of amidine groups is 1. The normalized spacial score (nSPS) is 15.7. The van der Waals surface area contributed by atoms with Gasteiger partial charge in [0.2, 0.25) is 0 Å². The van der Waals surface area contributed by atoms with Crippen LogP contribution in [0.3, 0.4) is 0 Å². The van der Waals surface area contributed by atoms with Crippen LogP contribution in [0.4, 0.5) is 0 Å². The average Bonchev–Trinajstić information content (AvgIpc) is 2.70. The first-order chi connectivity index (χ1) is 9.40. The van der Waals surface area contributed by atoms with Crippen LogP contribution in [0, 0.1) is 0 Å². The molecule has 2 heteroatoms. The summed E-state index contributed by atoms with van der Waals surface area (Å²) < 4.78 is 0. The lowest BCUT2D eigenvalue weighted by Crippen LogP contribution is -2.25. The molecule has 0 bridgehead atoms. The van der Waals surface area contributed by atoms with E-state index in [0.29, 0.717) is 0 Å². The number of nitrogens with one attached hydrogen (secondary N) is 1. The van der Waals surface area contributed by atoms with Crippen molar-refractivity contribution in [3.8, 4) is 0 Å². The van der Waals surface area contributed by atoms with Gasteiger partial charge >= 0.3 is 0 Å². The van der Waals surface area contributed by atoms with Gasteiger partial charge in [-0.3, -0.25) is 4.99 Å². The van der Waals surface area contributed by atoms with Crippen molar-refractivity contribution < 1.29 is 0 Å². The molecule has 0 fully saturated rings.